The average molecular weight is 318 g/mol. The van der Waals surface area contributed by atoms with Crippen molar-refractivity contribution in [1.82, 2.24) is 0 Å². The van der Waals surface area contributed by atoms with Crippen LogP contribution in [0.15, 0.2) is 18.2 Å². The molecule has 0 spiro atoms. The Bertz CT molecular complexity index is 460. The van der Waals surface area contributed by atoms with Crippen molar-refractivity contribution in [3.63, 3.8) is 0 Å². The van der Waals surface area contributed by atoms with Crippen molar-refractivity contribution < 1.29 is 9.19 Å². The second-order valence-corrected chi connectivity index (χ2v) is 11.5. The van der Waals surface area contributed by atoms with Gasteiger partial charge in [0.2, 0.25) is 0 Å². The second kappa shape index (κ2) is 6.56. The average Bonchev–Trinajstić information content (AvgIpc) is 2.30. The first-order valence-electron chi connectivity index (χ1n) is 6.98. The highest BCUT2D eigenvalue weighted by Gasteiger charge is 2.37. The van der Waals surface area contributed by atoms with Crippen molar-refractivity contribution in [2.24, 2.45) is 5.73 Å². The molecule has 0 bridgehead atoms. The van der Waals surface area contributed by atoms with Crippen molar-refractivity contribution in [2.75, 3.05) is 0 Å². The first-order valence-corrected chi connectivity index (χ1v) is 10.3. The first-order chi connectivity index (χ1) is 9.06. The van der Waals surface area contributed by atoms with Crippen LogP contribution in [0.3, 0.4) is 0 Å². The maximum atomic E-state index is 13.9. The van der Waals surface area contributed by atoms with Gasteiger partial charge in [-0.2, -0.15) is 0 Å². The van der Waals surface area contributed by atoms with Crippen LogP contribution in [-0.4, -0.2) is 13.1 Å². The number of halogens is 2. The summed E-state index contributed by atoms with van der Waals surface area (Å²) >= 11 is 5.77. The molecule has 1 rings (SSSR count). The predicted octanol–water partition coefficient (Wildman–Crippen LogP) is 4.63. The van der Waals surface area contributed by atoms with Gasteiger partial charge >= 0.3 is 0 Å². The summed E-state index contributed by atoms with van der Waals surface area (Å²) in [6.45, 7) is 8.07. The fraction of sp³-hybridized carbons (Fsp3) is 0.600. The summed E-state index contributed by atoms with van der Waals surface area (Å²) in [6, 6.07) is 4.57. The molecule has 0 aliphatic carbocycles. The van der Waals surface area contributed by atoms with Crippen molar-refractivity contribution in [2.45, 2.75) is 57.3 Å². The Kier molecular flexibility index (Phi) is 5.78. The molecule has 1 atom stereocenters. The lowest BCUT2D eigenvalue weighted by molar-refractivity contribution is 0.428. The van der Waals surface area contributed by atoms with Crippen LogP contribution < -0.4 is 5.73 Å². The second-order valence-electron chi connectivity index (χ2n) is 6.58. The number of hydrogen-bond acceptors (Lipinski definition) is 2. The molecule has 0 radical (unpaired) electrons. The molecular weight excluding hydrogens is 293 g/mol. The summed E-state index contributed by atoms with van der Waals surface area (Å²) < 4.78 is 13.9. The summed E-state index contributed by atoms with van der Waals surface area (Å²) in [5, 5.41) is 0.0433. The fourth-order valence-corrected chi connectivity index (χ4v) is 3.00. The molecule has 3 N–H and O–H groups in total. The lowest BCUT2D eigenvalue weighted by atomic mass is 9.98. The van der Waals surface area contributed by atoms with Crippen LogP contribution in [-0.2, 0) is 0 Å². The Morgan fingerprint density at radius 3 is 2.55 bits per heavy atom. The lowest BCUT2D eigenvalue weighted by Gasteiger charge is -2.35. The summed E-state index contributed by atoms with van der Waals surface area (Å²) in [7, 11) is -2.19. The van der Waals surface area contributed by atoms with Crippen molar-refractivity contribution >= 4 is 19.9 Å². The van der Waals surface area contributed by atoms with Crippen LogP contribution in [0.5, 0.6) is 0 Å². The molecule has 0 amide bonds. The Hall–Kier alpha value is -0.423. The van der Waals surface area contributed by atoms with E-state index in [-0.39, 0.29) is 16.1 Å². The molecule has 0 aliphatic heterocycles. The SMILES string of the molecule is CC(C)(CCC[C@H](N)c1cccc(Cl)c1F)[Si](C)(C)O. The molecule has 114 valence electrons. The monoisotopic (exact) mass is 317 g/mol. The van der Waals surface area contributed by atoms with Crippen LogP contribution in [0.2, 0.25) is 23.2 Å². The van der Waals surface area contributed by atoms with Crippen LogP contribution in [0, 0.1) is 5.82 Å². The smallest absolute Gasteiger partial charge is 0.188 e. The van der Waals surface area contributed by atoms with E-state index in [9.17, 15) is 9.19 Å². The van der Waals surface area contributed by atoms with E-state index in [2.05, 4.69) is 13.8 Å². The molecule has 0 aliphatic rings. The molecule has 0 saturated carbocycles. The number of hydrogen-bond donors (Lipinski definition) is 2. The maximum absolute atomic E-state index is 13.9. The van der Waals surface area contributed by atoms with Gasteiger partial charge in [-0.1, -0.05) is 44.0 Å². The molecule has 2 nitrogen and oxygen atoms in total. The van der Waals surface area contributed by atoms with Crippen LogP contribution in [0.4, 0.5) is 4.39 Å². The molecule has 5 heteroatoms. The zero-order valence-electron chi connectivity index (χ0n) is 12.7. The molecule has 0 saturated heterocycles. The van der Waals surface area contributed by atoms with Gasteiger partial charge in [-0.25, -0.2) is 4.39 Å². The quantitative estimate of drug-likeness (QED) is 0.752. The van der Waals surface area contributed by atoms with Gasteiger partial charge in [-0.15, -0.1) is 0 Å². The van der Waals surface area contributed by atoms with Crippen molar-refractivity contribution in [3.8, 4) is 0 Å². The lowest BCUT2D eigenvalue weighted by Crippen LogP contribution is -2.39. The maximum Gasteiger partial charge on any atom is 0.188 e. The fourth-order valence-electron chi connectivity index (χ4n) is 2.03. The van der Waals surface area contributed by atoms with E-state index in [1.165, 1.54) is 6.07 Å². The third-order valence-corrected chi connectivity index (χ3v) is 8.21. The van der Waals surface area contributed by atoms with Gasteiger partial charge in [0.05, 0.1) is 5.02 Å². The minimum absolute atomic E-state index is 0.0698. The molecule has 0 fully saturated rings. The normalized spacial score (nSPS) is 14.4. The number of nitrogens with two attached hydrogens (primary N) is 1. The van der Waals surface area contributed by atoms with E-state index in [4.69, 9.17) is 17.3 Å². The molecule has 1 aromatic carbocycles. The van der Waals surface area contributed by atoms with Gasteiger partial charge in [0.1, 0.15) is 5.82 Å². The summed E-state index contributed by atoms with van der Waals surface area (Å²) in [4.78, 5) is 10.2. The Morgan fingerprint density at radius 1 is 1.40 bits per heavy atom. The largest absolute Gasteiger partial charge is 0.432 e. The van der Waals surface area contributed by atoms with Gasteiger partial charge in [-0.3, -0.25) is 0 Å². The number of rotatable bonds is 6. The van der Waals surface area contributed by atoms with Gasteiger partial charge < -0.3 is 10.5 Å². The third-order valence-electron chi connectivity index (χ3n) is 4.35. The number of benzene rings is 1. The van der Waals surface area contributed by atoms with E-state index >= 15 is 0 Å². The van der Waals surface area contributed by atoms with Crippen LogP contribution >= 0.6 is 11.6 Å². The highest BCUT2D eigenvalue weighted by atomic mass is 35.5. The van der Waals surface area contributed by atoms with E-state index in [0.29, 0.717) is 12.0 Å². The van der Waals surface area contributed by atoms with E-state index in [1.54, 1.807) is 12.1 Å². The van der Waals surface area contributed by atoms with E-state index < -0.39 is 14.1 Å². The molecular formula is C15H25ClFNOSi. The Labute approximate surface area is 127 Å². The van der Waals surface area contributed by atoms with Crippen LogP contribution in [0.25, 0.3) is 0 Å². The highest BCUT2D eigenvalue weighted by molar-refractivity contribution is 6.72. The van der Waals surface area contributed by atoms with Gasteiger partial charge in [0.25, 0.3) is 0 Å². The Balaban J connectivity index is 2.61. The van der Waals surface area contributed by atoms with Gasteiger partial charge in [0, 0.05) is 11.6 Å². The third kappa shape index (κ3) is 4.28. The summed E-state index contributed by atoms with van der Waals surface area (Å²) in [6.07, 6.45) is 2.43. The van der Waals surface area contributed by atoms with Crippen LogP contribution in [0.1, 0.15) is 44.7 Å². The predicted molar refractivity (Wildman–Crippen MR) is 85.9 cm³/mol. The topological polar surface area (TPSA) is 46.2 Å². The Morgan fingerprint density at radius 2 is 2.00 bits per heavy atom. The minimum Gasteiger partial charge on any atom is -0.432 e. The zero-order chi connectivity index (χ0) is 15.6. The molecule has 0 heterocycles. The van der Waals surface area contributed by atoms with Gasteiger partial charge in [-0.05, 0) is 37.0 Å². The molecule has 0 unspecified atom stereocenters. The molecule has 20 heavy (non-hydrogen) atoms. The zero-order valence-corrected chi connectivity index (χ0v) is 14.5. The summed E-state index contributed by atoms with van der Waals surface area (Å²) in [5.41, 5.74) is 6.52. The van der Waals surface area contributed by atoms with Crippen molar-refractivity contribution in [1.29, 1.82) is 0 Å². The molecule has 0 aromatic heterocycles. The van der Waals surface area contributed by atoms with Crippen molar-refractivity contribution in [3.05, 3.63) is 34.6 Å². The summed E-state index contributed by atoms with van der Waals surface area (Å²) in [5.74, 6) is -0.419. The van der Waals surface area contributed by atoms with Gasteiger partial charge in [0.15, 0.2) is 8.32 Å². The standard InChI is InChI=1S/C15H25ClFNOSi/c1-15(2,20(3,4)19)10-6-9-13(18)11-7-5-8-12(16)14(11)17/h5,7-8,13,19H,6,9-10,18H2,1-4H3/t13-/m0/s1. The molecule has 1 aromatic rings. The van der Waals surface area contributed by atoms with E-state index in [0.717, 1.165) is 12.8 Å². The minimum atomic E-state index is -2.19. The highest BCUT2D eigenvalue weighted by Crippen LogP contribution is 2.40. The first kappa shape index (κ1) is 17.6. The van der Waals surface area contributed by atoms with E-state index in [1.807, 2.05) is 13.1 Å².